The van der Waals surface area contributed by atoms with Gasteiger partial charge in [0.25, 0.3) is 5.91 Å². The number of benzene rings is 1. The lowest BCUT2D eigenvalue weighted by molar-refractivity contribution is -0.117. The van der Waals surface area contributed by atoms with Crippen molar-refractivity contribution in [3.63, 3.8) is 0 Å². The Hall–Kier alpha value is -3.40. The SMILES string of the molecule is [2H]C([2H])([2H])NC(=O)c1nnc(NC(=O)C2CC2)cc1Nc1cccc(N2CCC3CNCC3C2)c1OC. The molecule has 5 rings (SSSR count). The number of aromatic nitrogens is 2. The van der Waals surface area contributed by atoms with Crippen LogP contribution in [0.5, 0.6) is 5.75 Å². The molecule has 1 aliphatic carbocycles. The Kier molecular flexibility index (Phi) is 5.27. The zero-order valence-electron chi connectivity index (χ0n) is 22.1. The number of fused-ring (bicyclic) bond motifs is 1. The van der Waals surface area contributed by atoms with Gasteiger partial charge in [-0.25, -0.2) is 0 Å². The van der Waals surface area contributed by atoms with Crippen molar-refractivity contribution >= 4 is 34.7 Å². The molecule has 2 saturated heterocycles. The molecule has 0 bridgehead atoms. The number of hydrogen-bond donors (Lipinski definition) is 4. The molecule has 180 valence electrons. The highest BCUT2D eigenvalue weighted by Gasteiger charge is 2.34. The van der Waals surface area contributed by atoms with Crippen LogP contribution >= 0.6 is 0 Å². The van der Waals surface area contributed by atoms with Gasteiger partial charge < -0.3 is 30.9 Å². The number of para-hydroxylation sites is 1. The molecule has 1 aromatic heterocycles. The number of amides is 2. The summed E-state index contributed by atoms with van der Waals surface area (Å²) in [6.45, 7) is 1.18. The normalized spacial score (nSPS) is 23.2. The smallest absolute Gasteiger partial charge is 0.273 e. The number of nitrogens with zero attached hydrogens (tertiary/aromatic N) is 3. The van der Waals surface area contributed by atoms with Crippen LogP contribution in [-0.2, 0) is 4.79 Å². The van der Waals surface area contributed by atoms with Crippen molar-refractivity contribution < 1.29 is 18.4 Å². The van der Waals surface area contributed by atoms with Gasteiger partial charge in [-0.3, -0.25) is 9.59 Å². The van der Waals surface area contributed by atoms with Gasteiger partial charge in [-0.2, -0.15) is 0 Å². The number of ether oxygens (including phenoxy) is 1. The maximum atomic E-state index is 12.8. The van der Waals surface area contributed by atoms with Crippen LogP contribution in [0.4, 0.5) is 22.9 Å². The van der Waals surface area contributed by atoms with E-state index in [1.807, 2.05) is 17.4 Å². The van der Waals surface area contributed by atoms with E-state index < -0.39 is 12.9 Å². The van der Waals surface area contributed by atoms with Gasteiger partial charge in [0, 0.05) is 36.2 Å². The van der Waals surface area contributed by atoms with Crippen molar-refractivity contribution in [1.82, 2.24) is 20.8 Å². The molecule has 3 heterocycles. The van der Waals surface area contributed by atoms with E-state index in [4.69, 9.17) is 8.85 Å². The monoisotopic (exact) mass is 468 g/mol. The molecule has 0 spiro atoms. The fourth-order valence-electron chi connectivity index (χ4n) is 4.83. The zero-order chi connectivity index (χ0) is 26.2. The minimum absolute atomic E-state index is 0.0484. The summed E-state index contributed by atoms with van der Waals surface area (Å²) in [5.74, 6) is 0.894. The molecule has 1 aromatic carbocycles. The van der Waals surface area contributed by atoms with Crippen molar-refractivity contribution in [3.05, 3.63) is 30.0 Å². The predicted octanol–water partition coefficient (Wildman–Crippen LogP) is 1.98. The van der Waals surface area contributed by atoms with Gasteiger partial charge in [-0.15, -0.1) is 10.2 Å². The van der Waals surface area contributed by atoms with Crippen LogP contribution in [0.25, 0.3) is 0 Å². The van der Waals surface area contributed by atoms with E-state index in [0.29, 0.717) is 23.3 Å². The van der Waals surface area contributed by atoms with Gasteiger partial charge in [-0.1, -0.05) is 6.07 Å². The zero-order valence-corrected chi connectivity index (χ0v) is 19.1. The summed E-state index contributed by atoms with van der Waals surface area (Å²) in [7, 11) is 1.59. The number of nitrogens with one attached hydrogen (secondary N) is 4. The van der Waals surface area contributed by atoms with Crippen LogP contribution in [-0.4, -0.2) is 62.3 Å². The third-order valence-corrected chi connectivity index (χ3v) is 6.83. The van der Waals surface area contributed by atoms with E-state index in [1.165, 1.54) is 6.07 Å². The van der Waals surface area contributed by atoms with Crippen LogP contribution < -0.4 is 30.9 Å². The lowest BCUT2D eigenvalue weighted by atomic mass is 9.88. The molecule has 2 amide bonds. The second-order valence-corrected chi connectivity index (χ2v) is 9.11. The molecular weight excluding hydrogens is 434 g/mol. The highest BCUT2D eigenvalue weighted by atomic mass is 16.5. The summed E-state index contributed by atoms with van der Waals surface area (Å²) < 4.78 is 28.0. The number of carbonyl (C=O) groups excluding carboxylic acids is 2. The summed E-state index contributed by atoms with van der Waals surface area (Å²) in [5.41, 5.74) is 1.47. The molecule has 2 atom stereocenters. The highest BCUT2D eigenvalue weighted by molar-refractivity contribution is 6.00. The fraction of sp³-hybridized carbons (Fsp3) is 0.500. The molecule has 2 unspecified atom stereocenters. The third-order valence-electron chi connectivity index (χ3n) is 6.83. The van der Waals surface area contributed by atoms with E-state index in [9.17, 15) is 9.59 Å². The minimum atomic E-state index is -2.70. The second-order valence-electron chi connectivity index (χ2n) is 9.11. The Morgan fingerprint density at radius 2 is 2.03 bits per heavy atom. The number of carbonyl (C=O) groups is 2. The van der Waals surface area contributed by atoms with E-state index in [2.05, 4.69) is 31.0 Å². The number of methoxy groups -OCH3 is 1. The van der Waals surface area contributed by atoms with Gasteiger partial charge in [-0.05, 0) is 56.3 Å². The van der Waals surface area contributed by atoms with Crippen molar-refractivity contribution in [2.45, 2.75) is 19.3 Å². The van der Waals surface area contributed by atoms with Gasteiger partial charge >= 0.3 is 0 Å². The Morgan fingerprint density at radius 3 is 2.82 bits per heavy atom. The Morgan fingerprint density at radius 1 is 1.18 bits per heavy atom. The van der Waals surface area contributed by atoms with Crippen LogP contribution in [0.15, 0.2) is 24.3 Å². The van der Waals surface area contributed by atoms with E-state index in [1.54, 1.807) is 13.2 Å². The second kappa shape index (κ2) is 9.46. The van der Waals surface area contributed by atoms with Crippen LogP contribution in [0, 0.1) is 17.8 Å². The third kappa shape index (κ3) is 4.50. The first-order chi connectivity index (χ1) is 17.7. The first-order valence-corrected chi connectivity index (χ1v) is 11.6. The van der Waals surface area contributed by atoms with E-state index in [-0.39, 0.29) is 29.0 Å². The average Bonchev–Trinajstić information content (AvgIpc) is 3.60. The van der Waals surface area contributed by atoms with Crippen molar-refractivity contribution in [3.8, 4) is 5.75 Å². The molecule has 3 fully saturated rings. The van der Waals surface area contributed by atoms with Gasteiger partial charge in [0.05, 0.1) is 24.2 Å². The topological polar surface area (TPSA) is 121 Å². The molecule has 2 aromatic rings. The summed E-state index contributed by atoms with van der Waals surface area (Å²) in [6.07, 6.45) is 2.74. The van der Waals surface area contributed by atoms with Gasteiger partial charge in [0.15, 0.2) is 17.3 Å². The van der Waals surface area contributed by atoms with E-state index in [0.717, 1.165) is 51.1 Å². The molecule has 10 heteroatoms. The maximum absolute atomic E-state index is 12.8. The first kappa shape index (κ1) is 19.0. The van der Waals surface area contributed by atoms with Crippen molar-refractivity contribution in [2.24, 2.45) is 17.8 Å². The minimum Gasteiger partial charge on any atom is -0.492 e. The number of anilines is 4. The lowest BCUT2D eigenvalue weighted by Crippen LogP contribution is -2.40. The molecule has 4 N–H and O–H groups in total. The first-order valence-electron chi connectivity index (χ1n) is 13.1. The van der Waals surface area contributed by atoms with Crippen molar-refractivity contribution in [2.75, 3.05) is 55.8 Å². The van der Waals surface area contributed by atoms with Gasteiger partial charge in [0.2, 0.25) is 5.91 Å². The molecule has 34 heavy (non-hydrogen) atoms. The standard InChI is InChI=1S/C24H31N7O3/c1-25-24(33)21-18(10-20(29-30-21)28-23(32)14-6-7-14)27-17-4-3-5-19(22(17)34-2)31-9-8-15-11-26-12-16(15)13-31/h3-5,10,14-16,26H,6-9,11-13H2,1-2H3,(H,25,33)(H2,27,28,29,32)/i1D3. The Balaban J connectivity index is 1.45. The van der Waals surface area contributed by atoms with Crippen LogP contribution in [0.1, 0.15) is 33.9 Å². The predicted molar refractivity (Wildman–Crippen MR) is 130 cm³/mol. The Bertz CT molecular complexity index is 1190. The van der Waals surface area contributed by atoms with Crippen LogP contribution in [0.3, 0.4) is 0 Å². The quantitative estimate of drug-likeness (QED) is 0.487. The Labute approximate surface area is 203 Å². The molecule has 10 nitrogen and oxygen atoms in total. The summed E-state index contributed by atoms with van der Waals surface area (Å²) >= 11 is 0. The summed E-state index contributed by atoms with van der Waals surface area (Å²) in [6, 6.07) is 7.18. The lowest BCUT2D eigenvalue weighted by Gasteiger charge is -2.37. The average molecular weight is 469 g/mol. The number of hydrogen-bond acceptors (Lipinski definition) is 8. The van der Waals surface area contributed by atoms with Crippen molar-refractivity contribution in [1.29, 1.82) is 0 Å². The van der Waals surface area contributed by atoms with E-state index >= 15 is 0 Å². The maximum Gasteiger partial charge on any atom is 0.273 e. The van der Waals surface area contributed by atoms with Gasteiger partial charge in [0.1, 0.15) is 0 Å². The molecule has 0 radical (unpaired) electrons. The number of piperidine rings is 1. The highest BCUT2D eigenvalue weighted by Crippen LogP contribution is 2.40. The molecular formula is C24H31N7O3. The fourth-order valence-corrected chi connectivity index (χ4v) is 4.83. The molecule has 1 saturated carbocycles. The summed E-state index contributed by atoms with van der Waals surface area (Å²) in [4.78, 5) is 27.3. The summed E-state index contributed by atoms with van der Waals surface area (Å²) in [5, 5.41) is 19.2. The largest absolute Gasteiger partial charge is 0.492 e. The van der Waals surface area contributed by atoms with Crippen LogP contribution in [0.2, 0.25) is 0 Å². The molecule has 3 aliphatic rings. The number of rotatable bonds is 7. The molecule has 2 aliphatic heterocycles.